The summed E-state index contributed by atoms with van der Waals surface area (Å²) in [6, 6.07) is 11.4. The molecule has 138 valence electrons. The van der Waals surface area contributed by atoms with Gasteiger partial charge in [-0.05, 0) is 67.6 Å². The standard InChI is InChI=1S/C20H19N3O3S/c1-13-10-16(11-18-19(24)22(8-9-26-3)20(25)27-18)14(2)23(13)17-6-4-15(12-21)5-7-17/h4-7,10-11H,8-9H2,1-3H3/b18-11+. The number of aryl methyl sites for hydroxylation is 1. The molecule has 0 bridgehead atoms. The third-order valence-corrected chi connectivity index (χ3v) is 5.31. The highest BCUT2D eigenvalue weighted by atomic mass is 32.2. The van der Waals surface area contributed by atoms with Gasteiger partial charge in [0.05, 0.1) is 29.7 Å². The normalized spacial score (nSPS) is 15.6. The van der Waals surface area contributed by atoms with Crippen molar-refractivity contribution in [3.8, 4) is 11.8 Å². The number of benzene rings is 1. The van der Waals surface area contributed by atoms with E-state index in [0.717, 1.165) is 34.4 Å². The van der Waals surface area contributed by atoms with E-state index < -0.39 is 0 Å². The molecule has 1 aliphatic rings. The van der Waals surface area contributed by atoms with Gasteiger partial charge < -0.3 is 9.30 Å². The third kappa shape index (κ3) is 3.68. The summed E-state index contributed by atoms with van der Waals surface area (Å²) in [5, 5.41) is 8.68. The van der Waals surface area contributed by atoms with Crippen molar-refractivity contribution in [1.82, 2.24) is 9.47 Å². The van der Waals surface area contributed by atoms with Crippen LogP contribution in [0.5, 0.6) is 0 Å². The highest BCUT2D eigenvalue weighted by molar-refractivity contribution is 8.18. The Bertz CT molecular complexity index is 968. The predicted molar refractivity (Wildman–Crippen MR) is 105 cm³/mol. The third-order valence-electron chi connectivity index (χ3n) is 4.40. The van der Waals surface area contributed by atoms with Gasteiger partial charge in [0.15, 0.2) is 0 Å². The van der Waals surface area contributed by atoms with Gasteiger partial charge in [-0.3, -0.25) is 14.5 Å². The Labute approximate surface area is 162 Å². The van der Waals surface area contributed by atoms with Gasteiger partial charge in [0, 0.05) is 24.2 Å². The molecule has 2 aromatic rings. The second-order valence-electron chi connectivity index (χ2n) is 6.15. The van der Waals surface area contributed by atoms with Crippen LogP contribution in [-0.2, 0) is 9.53 Å². The Morgan fingerprint density at radius 2 is 1.93 bits per heavy atom. The quantitative estimate of drug-likeness (QED) is 0.739. The average Bonchev–Trinajstić information content (AvgIpc) is 3.09. The molecule has 1 fully saturated rings. The van der Waals surface area contributed by atoms with Crippen LogP contribution < -0.4 is 0 Å². The SMILES string of the molecule is COCCN1C(=O)S/C(=C/c2cc(C)n(-c3ccc(C#N)cc3)c2C)C1=O. The van der Waals surface area contributed by atoms with Gasteiger partial charge in [0.1, 0.15) is 0 Å². The highest BCUT2D eigenvalue weighted by Gasteiger charge is 2.34. The molecule has 0 unspecified atom stereocenters. The molecule has 0 radical (unpaired) electrons. The number of amides is 2. The van der Waals surface area contributed by atoms with Crippen molar-refractivity contribution in [2.75, 3.05) is 20.3 Å². The molecule has 3 rings (SSSR count). The molecule has 27 heavy (non-hydrogen) atoms. The number of nitrogens with zero attached hydrogens (tertiary/aromatic N) is 3. The van der Waals surface area contributed by atoms with Crippen molar-refractivity contribution >= 4 is 29.0 Å². The van der Waals surface area contributed by atoms with Crippen LogP contribution >= 0.6 is 11.8 Å². The van der Waals surface area contributed by atoms with E-state index in [9.17, 15) is 9.59 Å². The van der Waals surface area contributed by atoms with Gasteiger partial charge in [-0.2, -0.15) is 5.26 Å². The number of hydrogen-bond donors (Lipinski definition) is 0. The van der Waals surface area contributed by atoms with Gasteiger partial charge in [-0.15, -0.1) is 0 Å². The van der Waals surface area contributed by atoms with Crippen molar-refractivity contribution in [1.29, 1.82) is 5.26 Å². The fraction of sp³-hybridized carbons (Fsp3) is 0.250. The van der Waals surface area contributed by atoms with Gasteiger partial charge >= 0.3 is 0 Å². The molecular formula is C20H19N3O3S. The van der Waals surface area contributed by atoms with Crippen LogP contribution in [0.2, 0.25) is 0 Å². The summed E-state index contributed by atoms with van der Waals surface area (Å²) in [7, 11) is 1.53. The van der Waals surface area contributed by atoms with Crippen LogP contribution in [0.15, 0.2) is 35.2 Å². The van der Waals surface area contributed by atoms with Crippen LogP contribution in [0.25, 0.3) is 11.8 Å². The topological polar surface area (TPSA) is 75.3 Å². The highest BCUT2D eigenvalue weighted by Crippen LogP contribution is 2.33. The number of thioether (sulfide) groups is 1. The Hall–Kier alpha value is -2.82. The molecule has 1 aliphatic heterocycles. The monoisotopic (exact) mass is 381 g/mol. The largest absolute Gasteiger partial charge is 0.383 e. The second kappa shape index (κ2) is 7.82. The van der Waals surface area contributed by atoms with Gasteiger partial charge in [0.2, 0.25) is 0 Å². The number of carbonyl (C=O) groups excluding carboxylic acids is 2. The van der Waals surface area contributed by atoms with Crippen molar-refractivity contribution in [2.45, 2.75) is 13.8 Å². The number of rotatable bonds is 5. The number of aromatic nitrogens is 1. The molecule has 2 amide bonds. The molecule has 7 heteroatoms. The van der Waals surface area contributed by atoms with E-state index in [1.807, 2.05) is 32.0 Å². The molecular weight excluding hydrogens is 362 g/mol. The number of carbonyl (C=O) groups is 2. The van der Waals surface area contributed by atoms with Gasteiger partial charge in [0.25, 0.3) is 11.1 Å². The van der Waals surface area contributed by atoms with E-state index in [1.165, 1.54) is 12.0 Å². The lowest BCUT2D eigenvalue weighted by atomic mass is 10.2. The van der Waals surface area contributed by atoms with Crippen LogP contribution in [0.3, 0.4) is 0 Å². The summed E-state index contributed by atoms with van der Waals surface area (Å²) in [4.78, 5) is 26.2. The lowest BCUT2D eigenvalue weighted by Gasteiger charge is -2.11. The van der Waals surface area contributed by atoms with E-state index in [4.69, 9.17) is 10.00 Å². The van der Waals surface area contributed by atoms with Crippen molar-refractivity contribution in [2.24, 2.45) is 0 Å². The Balaban J connectivity index is 1.93. The number of nitriles is 1. The maximum Gasteiger partial charge on any atom is 0.293 e. The van der Waals surface area contributed by atoms with Crippen LogP contribution in [-0.4, -0.2) is 40.9 Å². The first-order valence-electron chi connectivity index (χ1n) is 8.40. The summed E-state index contributed by atoms with van der Waals surface area (Å²) < 4.78 is 7.02. The van der Waals surface area contributed by atoms with E-state index in [-0.39, 0.29) is 17.7 Å². The van der Waals surface area contributed by atoms with Crippen molar-refractivity contribution < 1.29 is 14.3 Å². The Kier molecular flexibility index (Phi) is 5.49. The first-order chi connectivity index (χ1) is 13.0. The van der Waals surface area contributed by atoms with Gasteiger partial charge in [-0.25, -0.2) is 0 Å². The van der Waals surface area contributed by atoms with E-state index in [2.05, 4.69) is 10.6 Å². The fourth-order valence-electron chi connectivity index (χ4n) is 3.03. The minimum absolute atomic E-state index is 0.253. The van der Waals surface area contributed by atoms with Crippen LogP contribution in [0.4, 0.5) is 4.79 Å². The summed E-state index contributed by atoms with van der Waals surface area (Å²) in [5.41, 5.74) is 4.39. The smallest absolute Gasteiger partial charge is 0.293 e. The summed E-state index contributed by atoms with van der Waals surface area (Å²) in [6.07, 6.45) is 1.76. The molecule has 0 atom stereocenters. The van der Waals surface area contributed by atoms with E-state index >= 15 is 0 Å². The summed E-state index contributed by atoms with van der Waals surface area (Å²) in [6.45, 7) is 4.51. The molecule has 0 N–H and O–H groups in total. The fourth-order valence-corrected chi connectivity index (χ4v) is 3.89. The minimum atomic E-state index is -0.287. The number of ether oxygens (including phenoxy) is 1. The first-order valence-corrected chi connectivity index (χ1v) is 9.21. The zero-order chi connectivity index (χ0) is 19.6. The maximum atomic E-state index is 12.5. The van der Waals surface area contributed by atoms with Gasteiger partial charge in [-0.1, -0.05) is 0 Å². The van der Waals surface area contributed by atoms with Crippen molar-refractivity contribution in [3.05, 3.63) is 57.8 Å². The molecule has 1 aromatic carbocycles. The first kappa shape index (κ1) is 19.0. The van der Waals surface area contributed by atoms with E-state index in [1.54, 1.807) is 18.2 Å². The molecule has 1 saturated heterocycles. The number of methoxy groups -OCH3 is 1. The van der Waals surface area contributed by atoms with Crippen molar-refractivity contribution in [3.63, 3.8) is 0 Å². The molecule has 0 aliphatic carbocycles. The lowest BCUT2D eigenvalue weighted by molar-refractivity contribution is -0.123. The molecule has 6 nitrogen and oxygen atoms in total. The van der Waals surface area contributed by atoms with Crippen LogP contribution in [0.1, 0.15) is 22.5 Å². The number of hydrogen-bond acceptors (Lipinski definition) is 5. The Morgan fingerprint density at radius 3 is 2.56 bits per heavy atom. The predicted octanol–water partition coefficient (Wildman–Crippen LogP) is 3.65. The zero-order valence-electron chi connectivity index (χ0n) is 15.4. The molecule has 2 heterocycles. The molecule has 0 saturated carbocycles. The average molecular weight is 381 g/mol. The minimum Gasteiger partial charge on any atom is -0.383 e. The molecule has 1 aromatic heterocycles. The molecule has 0 spiro atoms. The summed E-state index contributed by atoms with van der Waals surface area (Å²) >= 11 is 0.949. The van der Waals surface area contributed by atoms with E-state index in [0.29, 0.717) is 17.1 Å². The lowest BCUT2D eigenvalue weighted by Crippen LogP contribution is -2.31. The summed E-state index contributed by atoms with van der Waals surface area (Å²) in [5.74, 6) is -0.287. The van der Waals surface area contributed by atoms with Crippen LogP contribution in [0, 0.1) is 25.2 Å². The maximum absolute atomic E-state index is 12.5. The Morgan fingerprint density at radius 1 is 1.22 bits per heavy atom. The second-order valence-corrected chi connectivity index (χ2v) is 7.14. The zero-order valence-corrected chi connectivity index (χ0v) is 16.2. The number of imide groups is 1.